The second-order valence-electron chi connectivity index (χ2n) is 3.07. The van der Waals surface area contributed by atoms with Crippen molar-refractivity contribution in [3.8, 4) is 11.5 Å². The average Bonchev–Trinajstić information content (AvgIpc) is 2.28. The van der Waals surface area contributed by atoms with Gasteiger partial charge in [-0.05, 0) is 12.1 Å². The molecule has 0 amide bonds. The number of rotatable bonds is 5. The van der Waals surface area contributed by atoms with Gasteiger partial charge in [0.15, 0.2) is 11.5 Å². The smallest absolute Gasteiger partial charge is 0.336 e. The number of carboxylic acids is 1. The maximum Gasteiger partial charge on any atom is 0.336 e. The van der Waals surface area contributed by atoms with Gasteiger partial charge in [0.2, 0.25) is 0 Å². The summed E-state index contributed by atoms with van der Waals surface area (Å²) in [4.78, 5) is 11.0. The maximum atomic E-state index is 11.0. The van der Waals surface area contributed by atoms with E-state index in [9.17, 15) is 4.79 Å². The minimum absolute atomic E-state index is 0.152. The van der Waals surface area contributed by atoms with Crippen LogP contribution < -0.4 is 9.47 Å². The molecule has 5 heteroatoms. The molecule has 0 aliphatic heterocycles. The number of ether oxygens (including phenoxy) is 3. The highest BCUT2D eigenvalue weighted by Gasteiger charge is 2.18. The second-order valence-corrected chi connectivity index (χ2v) is 3.07. The van der Waals surface area contributed by atoms with Crippen LogP contribution in [-0.4, -0.2) is 32.4 Å². The molecule has 0 aliphatic carbocycles. The monoisotopic (exact) mass is 226 g/mol. The van der Waals surface area contributed by atoms with Crippen molar-refractivity contribution in [1.82, 2.24) is 0 Å². The molecule has 0 aromatic heterocycles. The van der Waals surface area contributed by atoms with Crippen molar-refractivity contribution in [2.24, 2.45) is 0 Å². The van der Waals surface area contributed by atoms with Crippen molar-refractivity contribution in [3.63, 3.8) is 0 Å². The van der Waals surface area contributed by atoms with Crippen molar-refractivity contribution in [1.29, 1.82) is 0 Å². The van der Waals surface area contributed by atoms with Crippen LogP contribution in [0.3, 0.4) is 0 Å². The molecule has 88 valence electrons. The summed E-state index contributed by atoms with van der Waals surface area (Å²) in [6.07, 6.45) is 0. The van der Waals surface area contributed by atoms with Gasteiger partial charge < -0.3 is 19.3 Å². The van der Waals surface area contributed by atoms with E-state index >= 15 is 0 Å². The minimum atomic E-state index is -1.02. The van der Waals surface area contributed by atoms with Crippen LogP contribution in [0, 0.1) is 0 Å². The Labute approximate surface area is 93.6 Å². The molecule has 1 rings (SSSR count). The highest BCUT2D eigenvalue weighted by atomic mass is 16.5. The molecule has 0 bridgehead atoms. The predicted octanol–water partition coefficient (Wildman–Crippen LogP) is 1.55. The third-order valence-corrected chi connectivity index (χ3v) is 2.17. The summed E-state index contributed by atoms with van der Waals surface area (Å²) in [6, 6.07) is 3.03. The summed E-state index contributed by atoms with van der Waals surface area (Å²) in [5.74, 6) is -0.142. The average molecular weight is 226 g/mol. The zero-order chi connectivity index (χ0) is 12.1. The Hall–Kier alpha value is -1.75. The molecule has 16 heavy (non-hydrogen) atoms. The highest BCUT2D eigenvalue weighted by Crippen LogP contribution is 2.33. The van der Waals surface area contributed by atoms with Crippen LogP contribution in [0.5, 0.6) is 11.5 Å². The molecule has 1 aromatic rings. The van der Waals surface area contributed by atoms with E-state index in [1.807, 2.05) is 0 Å². The van der Waals surface area contributed by atoms with Crippen LogP contribution in [0.2, 0.25) is 0 Å². The van der Waals surface area contributed by atoms with Crippen molar-refractivity contribution >= 4 is 5.97 Å². The van der Waals surface area contributed by atoms with Crippen molar-refractivity contribution in [3.05, 3.63) is 23.3 Å². The van der Waals surface area contributed by atoms with Crippen molar-refractivity contribution in [2.75, 3.05) is 21.3 Å². The molecular weight excluding hydrogens is 212 g/mol. The Balaban J connectivity index is 3.37. The molecule has 1 aromatic carbocycles. The third kappa shape index (κ3) is 2.25. The topological polar surface area (TPSA) is 65.0 Å². The standard InChI is InChI=1S/C11H14O5/c1-14-6-8-7(11(12)13)4-5-9(15-2)10(8)16-3/h4-5H,6H2,1-3H3,(H,12,13). The largest absolute Gasteiger partial charge is 0.493 e. The first kappa shape index (κ1) is 12.3. The summed E-state index contributed by atoms with van der Waals surface area (Å²) in [6.45, 7) is 0.155. The van der Waals surface area contributed by atoms with Gasteiger partial charge >= 0.3 is 5.97 Å². The van der Waals surface area contributed by atoms with E-state index in [2.05, 4.69) is 0 Å². The van der Waals surface area contributed by atoms with E-state index in [1.165, 1.54) is 27.4 Å². The number of hydrogen-bond acceptors (Lipinski definition) is 4. The Bertz CT molecular complexity index is 386. The number of carbonyl (C=O) groups is 1. The summed E-state index contributed by atoms with van der Waals surface area (Å²) in [5, 5.41) is 9.02. The Morgan fingerprint density at radius 1 is 1.25 bits per heavy atom. The van der Waals surface area contributed by atoms with Crippen LogP contribution in [0.1, 0.15) is 15.9 Å². The van der Waals surface area contributed by atoms with Gasteiger partial charge in [0.05, 0.1) is 26.4 Å². The van der Waals surface area contributed by atoms with Crippen LogP contribution in [0.15, 0.2) is 12.1 Å². The van der Waals surface area contributed by atoms with Crippen LogP contribution in [-0.2, 0) is 11.3 Å². The first-order chi connectivity index (χ1) is 7.65. The normalized spacial score (nSPS) is 9.94. The minimum Gasteiger partial charge on any atom is -0.493 e. The Morgan fingerprint density at radius 3 is 2.38 bits per heavy atom. The molecule has 0 saturated heterocycles. The lowest BCUT2D eigenvalue weighted by atomic mass is 10.1. The molecule has 0 spiro atoms. The lowest BCUT2D eigenvalue weighted by Crippen LogP contribution is -2.06. The molecule has 0 fully saturated rings. The second kappa shape index (κ2) is 5.37. The number of carboxylic acid groups (broad SMARTS) is 1. The summed E-state index contributed by atoms with van der Waals surface area (Å²) in [5.41, 5.74) is 0.622. The fourth-order valence-corrected chi connectivity index (χ4v) is 1.48. The number of methoxy groups -OCH3 is 3. The molecule has 0 unspecified atom stereocenters. The van der Waals surface area contributed by atoms with E-state index in [0.29, 0.717) is 17.1 Å². The van der Waals surface area contributed by atoms with E-state index in [1.54, 1.807) is 6.07 Å². The van der Waals surface area contributed by atoms with Gasteiger partial charge in [0.1, 0.15) is 0 Å². The zero-order valence-corrected chi connectivity index (χ0v) is 9.44. The lowest BCUT2D eigenvalue weighted by molar-refractivity contribution is 0.0691. The summed E-state index contributed by atoms with van der Waals surface area (Å²) in [7, 11) is 4.45. The third-order valence-electron chi connectivity index (χ3n) is 2.17. The Morgan fingerprint density at radius 2 is 1.94 bits per heavy atom. The molecule has 0 saturated carbocycles. The molecule has 0 heterocycles. The SMILES string of the molecule is COCc1c(C(=O)O)ccc(OC)c1OC. The zero-order valence-electron chi connectivity index (χ0n) is 9.44. The molecule has 1 N–H and O–H groups in total. The molecule has 0 aliphatic rings. The van der Waals surface area contributed by atoms with E-state index < -0.39 is 5.97 Å². The van der Waals surface area contributed by atoms with Crippen molar-refractivity contribution in [2.45, 2.75) is 6.61 Å². The van der Waals surface area contributed by atoms with Gasteiger partial charge in [-0.1, -0.05) is 0 Å². The highest BCUT2D eigenvalue weighted by molar-refractivity contribution is 5.90. The van der Waals surface area contributed by atoms with Gasteiger partial charge in [-0.15, -0.1) is 0 Å². The van der Waals surface area contributed by atoms with Crippen LogP contribution in [0.25, 0.3) is 0 Å². The van der Waals surface area contributed by atoms with Crippen molar-refractivity contribution < 1.29 is 24.1 Å². The fraction of sp³-hybridized carbons (Fsp3) is 0.364. The molecule has 0 radical (unpaired) electrons. The van der Waals surface area contributed by atoms with E-state index in [-0.39, 0.29) is 12.2 Å². The number of hydrogen-bond donors (Lipinski definition) is 1. The molecule has 5 nitrogen and oxygen atoms in total. The van der Waals surface area contributed by atoms with Gasteiger partial charge in [0, 0.05) is 12.7 Å². The fourth-order valence-electron chi connectivity index (χ4n) is 1.48. The van der Waals surface area contributed by atoms with E-state index in [4.69, 9.17) is 19.3 Å². The van der Waals surface area contributed by atoms with Gasteiger partial charge in [-0.2, -0.15) is 0 Å². The van der Waals surface area contributed by atoms with Gasteiger partial charge in [-0.3, -0.25) is 0 Å². The summed E-state index contributed by atoms with van der Waals surface area (Å²) < 4.78 is 15.2. The lowest BCUT2D eigenvalue weighted by Gasteiger charge is -2.14. The van der Waals surface area contributed by atoms with Gasteiger partial charge in [0.25, 0.3) is 0 Å². The maximum absolute atomic E-state index is 11.0. The Kier molecular flexibility index (Phi) is 4.13. The molecule has 0 atom stereocenters. The van der Waals surface area contributed by atoms with Gasteiger partial charge in [-0.25, -0.2) is 4.79 Å². The summed E-state index contributed by atoms with van der Waals surface area (Å²) >= 11 is 0. The first-order valence-corrected chi connectivity index (χ1v) is 4.61. The predicted molar refractivity (Wildman–Crippen MR) is 57.2 cm³/mol. The number of benzene rings is 1. The molecular formula is C11H14O5. The quantitative estimate of drug-likeness (QED) is 0.825. The van der Waals surface area contributed by atoms with Crippen LogP contribution >= 0.6 is 0 Å². The number of aromatic carboxylic acids is 1. The van der Waals surface area contributed by atoms with Crippen LogP contribution in [0.4, 0.5) is 0 Å². The van der Waals surface area contributed by atoms with E-state index in [0.717, 1.165) is 0 Å². The first-order valence-electron chi connectivity index (χ1n) is 4.61.